The van der Waals surface area contributed by atoms with Crippen LogP contribution in [0.2, 0.25) is 5.02 Å². The van der Waals surface area contributed by atoms with Crippen LogP contribution in [0.1, 0.15) is 69.5 Å². The Hall–Kier alpha value is -2.86. The van der Waals surface area contributed by atoms with Crippen molar-refractivity contribution in [3.05, 3.63) is 57.1 Å². The Morgan fingerprint density at radius 3 is 2.64 bits per heavy atom. The summed E-state index contributed by atoms with van der Waals surface area (Å²) in [5.41, 5.74) is 4.11. The third kappa shape index (κ3) is 3.90. The van der Waals surface area contributed by atoms with Crippen molar-refractivity contribution in [3.8, 4) is 5.75 Å². The second-order valence-electron chi connectivity index (χ2n) is 9.46. The number of hydrogen-bond acceptors (Lipinski definition) is 4. The molecule has 0 bridgehead atoms. The molecule has 1 fully saturated rings. The normalized spacial score (nSPS) is 19.3. The van der Waals surface area contributed by atoms with Crippen LogP contribution in [-0.4, -0.2) is 41.2 Å². The molecular weight excluding hydrogens is 440 g/mol. The summed E-state index contributed by atoms with van der Waals surface area (Å²) in [6.07, 6.45) is 3.56. The molecule has 3 aliphatic rings. The number of nitrogens with one attached hydrogen (secondary N) is 1. The molecule has 0 atom stereocenters. The van der Waals surface area contributed by atoms with Gasteiger partial charge in [-0.1, -0.05) is 11.6 Å². The van der Waals surface area contributed by atoms with Crippen LogP contribution in [0.25, 0.3) is 0 Å². The van der Waals surface area contributed by atoms with Gasteiger partial charge in [0.1, 0.15) is 11.4 Å². The number of ether oxygens (including phenoxy) is 1. The summed E-state index contributed by atoms with van der Waals surface area (Å²) in [5.74, 6) is 0.663. The molecule has 0 aliphatic carbocycles. The zero-order chi connectivity index (χ0) is 23.3. The van der Waals surface area contributed by atoms with E-state index in [1.165, 1.54) is 0 Å². The summed E-state index contributed by atoms with van der Waals surface area (Å²) in [4.78, 5) is 39.9. The van der Waals surface area contributed by atoms with Crippen LogP contribution in [0, 0.1) is 13.8 Å². The molecule has 33 heavy (non-hydrogen) atoms. The fourth-order valence-corrected chi connectivity index (χ4v) is 5.44. The van der Waals surface area contributed by atoms with Crippen molar-refractivity contribution >= 4 is 34.9 Å². The summed E-state index contributed by atoms with van der Waals surface area (Å²) >= 11 is 6.36. The summed E-state index contributed by atoms with van der Waals surface area (Å²) in [5, 5.41) is 3.52. The molecule has 3 aliphatic heterocycles. The first-order valence-electron chi connectivity index (χ1n) is 11.5. The average molecular weight is 467 g/mol. The summed E-state index contributed by atoms with van der Waals surface area (Å²) in [6.45, 7) is 4.83. The van der Waals surface area contributed by atoms with Crippen molar-refractivity contribution < 1.29 is 19.1 Å². The summed E-state index contributed by atoms with van der Waals surface area (Å²) < 4.78 is 6.42. The molecule has 2 aromatic carbocycles. The van der Waals surface area contributed by atoms with Gasteiger partial charge in [0.25, 0.3) is 5.91 Å². The Bertz CT molecular complexity index is 1180. The van der Waals surface area contributed by atoms with E-state index >= 15 is 0 Å². The first kappa shape index (κ1) is 22.0. The number of nitrogens with zero attached hydrogens (tertiary/aromatic N) is 1. The molecule has 1 N–H and O–H groups in total. The van der Waals surface area contributed by atoms with Gasteiger partial charge in [-0.3, -0.25) is 14.4 Å². The van der Waals surface area contributed by atoms with E-state index in [0.717, 1.165) is 35.2 Å². The number of aryl methyl sites for hydroxylation is 2. The molecule has 6 nitrogen and oxygen atoms in total. The SMILES string of the molecule is Cc1cc2c(c(C)c1Cl)C(=O)CC1(CCN(C(=O)c3ccc4c(c3)CCCC(=O)N4)CC1)O2. The number of piperidine rings is 1. The number of Topliss-reactive ketones (excluding diaryl/α,β-unsaturated/α-hetero) is 1. The number of hydrogen-bond donors (Lipinski definition) is 1. The van der Waals surface area contributed by atoms with Crippen LogP contribution in [0.5, 0.6) is 5.75 Å². The van der Waals surface area contributed by atoms with Gasteiger partial charge in [-0.05, 0) is 67.6 Å². The Morgan fingerprint density at radius 2 is 1.88 bits per heavy atom. The molecule has 2 amide bonds. The lowest BCUT2D eigenvalue weighted by molar-refractivity contribution is -0.116. The first-order valence-corrected chi connectivity index (χ1v) is 11.9. The number of rotatable bonds is 1. The largest absolute Gasteiger partial charge is 0.486 e. The molecule has 2 aromatic rings. The quantitative estimate of drug-likeness (QED) is 0.650. The number of amides is 2. The number of carbonyl (C=O) groups is 3. The van der Waals surface area contributed by atoms with Crippen LogP contribution in [0.4, 0.5) is 5.69 Å². The minimum Gasteiger partial charge on any atom is -0.486 e. The monoisotopic (exact) mass is 466 g/mol. The van der Waals surface area contributed by atoms with Crippen molar-refractivity contribution in [1.82, 2.24) is 4.90 Å². The van der Waals surface area contributed by atoms with Gasteiger partial charge in [0.2, 0.25) is 5.91 Å². The van der Waals surface area contributed by atoms with E-state index in [4.69, 9.17) is 16.3 Å². The zero-order valence-electron chi connectivity index (χ0n) is 18.9. The number of halogens is 1. The molecule has 0 unspecified atom stereocenters. The second-order valence-corrected chi connectivity index (χ2v) is 9.83. The Kier molecular flexibility index (Phi) is 5.44. The number of carbonyl (C=O) groups excluding carboxylic acids is 3. The average Bonchev–Trinajstić information content (AvgIpc) is 2.97. The molecule has 3 heterocycles. The van der Waals surface area contributed by atoms with E-state index in [1.807, 2.05) is 36.9 Å². The van der Waals surface area contributed by atoms with E-state index < -0.39 is 5.60 Å². The number of likely N-dealkylation sites (tertiary alicyclic amines) is 1. The van der Waals surface area contributed by atoms with Gasteiger partial charge in [0.15, 0.2) is 5.78 Å². The topological polar surface area (TPSA) is 75.7 Å². The van der Waals surface area contributed by atoms with Gasteiger partial charge in [-0.15, -0.1) is 0 Å². The van der Waals surface area contributed by atoms with Crippen molar-refractivity contribution in [1.29, 1.82) is 0 Å². The Morgan fingerprint density at radius 1 is 1.12 bits per heavy atom. The van der Waals surface area contributed by atoms with Gasteiger partial charge < -0.3 is 15.0 Å². The molecule has 5 rings (SSSR count). The van der Waals surface area contributed by atoms with Crippen molar-refractivity contribution in [2.75, 3.05) is 18.4 Å². The predicted octanol–water partition coefficient (Wildman–Crippen LogP) is 4.87. The molecule has 0 radical (unpaired) electrons. The fourth-order valence-electron chi connectivity index (χ4n) is 5.29. The third-order valence-corrected chi connectivity index (χ3v) is 7.75. The second kappa shape index (κ2) is 8.17. The molecule has 0 aromatic heterocycles. The van der Waals surface area contributed by atoms with Gasteiger partial charge in [0.05, 0.1) is 12.0 Å². The number of benzene rings is 2. The fraction of sp³-hybridized carbons (Fsp3) is 0.423. The minimum absolute atomic E-state index is 0.0189. The van der Waals surface area contributed by atoms with E-state index in [9.17, 15) is 14.4 Å². The minimum atomic E-state index is -0.578. The van der Waals surface area contributed by atoms with E-state index in [0.29, 0.717) is 60.7 Å². The van der Waals surface area contributed by atoms with Crippen LogP contribution >= 0.6 is 11.6 Å². The summed E-state index contributed by atoms with van der Waals surface area (Å²) in [6, 6.07) is 7.37. The Labute approximate surface area is 198 Å². The van der Waals surface area contributed by atoms with Crippen LogP contribution in [-0.2, 0) is 11.2 Å². The van der Waals surface area contributed by atoms with Gasteiger partial charge in [-0.25, -0.2) is 0 Å². The van der Waals surface area contributed by atoms with Crippen LogP contribution < -0.4 is 10.1 Å². The molecule has 1 saturated heterocycles. The maximum absolute atomic E-state index is 13.2. The lowest BCUT2D eigenvalue weighted by Gasteiger charge is -2.44. The van der Waals surface area contributed by atoms with Crippen molar-refractivity contribution in [3.63, 3.8) is 0 Å². The van der Waals surface area contributed by atoms with Crippen LogP contribution in [0.15, 0.2) is 24.3 Å². The van der Waals surface area contributed by atoms with Gasteiger partial charge in [-0.2, -0.15) is 0 Å². The number of ketones is 1. The summed E-state index contributed by atoms with van der Waals surface area (Å²) in [7, 11) is 0. The third-order valence-electron chi connectivity index (χ3n) is 7.17. The number of anilines is 1. The van der Waals surface area contributed by atoms with Gasteiger partial charge >= 0.3 is 0 Å². The van der Waals surface area contributed by atoms with Crippen molar-refractivity contribution in [2.45, 2.75) is 58.0 Å². The molecular formula is C26H27ClN2O4. The highest BCUT2D eigenvalue weighted by Crippen LogP contribution is 2.43. The highest BCUT2D eigenvalue weighted by Gasteiger charge is 2.44. The van der Waals surface area contributed by atoms with Crippen LogP contribution in [0.3, 0.4) is 0 Å². The molecule has 172 valence electrons. The Balaban J connectivity index is 1.31. The molecule has 1 spiro atoms. The van der Waals surface area contributed by atoms with E-state index in [1.54, 1.807) is 6.07 Å². The maximum Gasteiger partial charge on any atom is 0.253 e. The predicted molar refractivity (Wildman–Crippen MR) is 126 cm³/mol. The standard InChI is InChI=1S/C26H27ClN2O4/c1-15-12-21-23(16(2)24(15)27)20(30)14-26(33-21)8-10-29(11-9-26)25(32)18-6-7-19-17(13-18)4-3-5-22(31)28-19/h6-7,12-13H,3-5,8-11,14H2,1-2H3,(H,28,31). The highest BCUT2D eigenvalue weighted by atomic mass is 35.5. The zero-order valence-corrected chi connectivity index (χ0v) is 19.7. The lowest BCUT2D eigenvalue weighted by atomic mass is 9.81. The maximum atomic E-state index is 13.2. The lowest BCUT2D eigenvalue weighted by Crippen LogP contribution is -2.52. The van der Waals surface area contributed by atoms with Gasteiger partial charge in [0, 0.05) is 48.6 Å². The smallest absolute Gasteiger partial charge is 0.253 e. The first-order chi connectivity index (χ1) is 15.8. The van der Waals surface area contributed by atoms with E-state index in [2.05, 4.69) is 5.32 Å². The van der Waals surface area contributed by atoms with E-state index in [-0.39, 0.29) is 17.6 Å². The number of fused-ring (bicyclic) bond motifs is 2. The molecule has 0 saturated carbocycles. The highest BCUT2D eigenvalue weighted by molar-refractivity contribution is 6.32. The molecule has 7 heteroatoms. The van der Waals surface area contributed by atoms with Crippen molar-refractivity contribution in [2.24, 2.45) is 0 Å².